The summed E-state index contributed by atoms with van der Waals surface area (Å²) in [4.78, 5) is 43.6. The number of benzene rings is 3. The Hall–Kier alpha value is -5.31. The fourth-order valence-electron chi connectivity index (χ4n) is 5.33. The van der Waals surface area contributed by atoms with Gasteiger partial charge in [-0.2, -0.15) is 0 Å². The number of nitrogens with zero attached hydrogens (tertiary/aromatic N) is 9. The molecule has 9 rings (SSSR count). The molecule has 0 unspecified atom stereocenters. The Morgan fingerprint density at radius 2 is 0.723 bits per heavy atom. The van der Waals surface area contributed by atoms with Gasteiger partial charge in [-0.25, -0.2) is 9.97 Å². The van der Waals surface area contributed by atoms with Gasteiger partial charge in [0, 0.05) is 45.5 Å². The fourth-order valence-corrected chi connectivity index (χ4v) is 5.33. The van der Waals surface area contributed by atoms with Crippen LogP contribution in [0.25, 0.3) is 89.8 Å². The van der Waals surface area contributed by atoms with Gasteiger partial charge in [-0.1, -0.05) is 114 Å². The van der Waals surface area contributed by atoms with Crippen molar-refractivity contribution in [1.29, 1.82) is 0 Å². The first-order valence-electron chi connectivity index (χ1n) is 15.7. The molecule has 1 radical (unpaired) electrons. The van der Waals surface area contributed by atoms with E-state index in [-0.39, 0.29) is 17.1 Å². The Bertz CT molecular complexity index is 2040. The summed E-state index contributed by atoms with van der Waals surface area (Å²) in [6, 6.07) is 27.5. The van der Waals surface area contributed by atoms with E-state index in [1.807, 2.05) is 126 Å². The molecule has 2 aliphatic rings. The Morgan fingerprint density at radius 3 is 1.17 bits per heavy atom. The maximum absolute atomic E-state index is 4.94. The summed E-state index contributed by atoms with van der Waals surface area (Å²) in [6.45, 7) is 12.0. The van der Waals surface area contributed by atoms with Crippen molar-refractivity contribution < 1.29 is 17.1 Å². The van der Waals surface area contributed by atoms with Gasteiger partial charge in [0.1, 0.15) is 11.5 Å². The van der Waals surface area contributed by atoms with E-state index in [9.17, 15) is 0 Å². The molecule has 9 nitrogen and oxygen atoms in total. The number of hydrogen-bond acceptors (Lipinski definition) is 7. The number of rotatable bonds is 0. The Balaban J connectivity index is 0.000000589. The van der Waals surface area contributed by atoms with Gasteiger partial charge in [0.25, 0.3) is 0 Å². The van der Waals surface area contributed by atoms with Crippen LogP contribution in [0.5, 0.6) is 0 Å². The molecule has 237 valence electrons. The molecule has 10 heteroatoms. The third-order valence-corrected chi connectivity index (χ3v) is 7.18. The maximum atomic E-state index is 4.94. The molecule has 8 bridgehead atoms. The number of pyridine rings is 1. The van der Waals surface area contributed by atoms with E-state index in [4.69, 9.17) is 39.9 Å². The van der Waals surface area contributed by atoms with Crippen molar-refractivity contribution in [2.45, 2.75) is 41.5 Å². The topological polar surface area (TPSA) is 118 Å². The van der Waals surface area contributed by atoms with Crippen molar-refractivity contribution in [2.24, 2.45) is 0 Å². The Morgan fingerprint density at radius 1 is 0.383 bits per heavy atom. The van der Waals surface area contributed by atoms with Crippen LogP contribution in [0.2, 0.25) is 0 Å². The number of hydrogen-bond donors (Lipinski definition) is 0. The number of fused-ring (bicyclic) bond motifs is 20. The predicted octanol–water partition coefficient (Wildman–Crippen LogP) is 8.60. The third-order valence-electron chi connectivity index (χ3n) is 7.18. The van der Waals surface area contributed by atoms with E-state index >= 15 is 0 Å². The second kappa shape index (κ2) is 14.4. The minimum absolute atomic E-state index is 0. The van der Waals surface area contributed by atoms with E-state index < -0.39 is 0 Å². The first-order valence-corrected chi connectivity index (χ1v) is 15.7. The van der Waals surface area contributed by atoms with Crippen LogP contribution in [0.1, 0.15) is 41.5 Å². The summed E-state index contributed by atoms with van der Waals surface area (Å²) in [5.41, 5.74) is 5.30. The second-order valence-electron chi connectivity index (χ2n) is 9.52. The molecule has 0 N–H and O–H groups in total. The van der Waals surface area contributed by atoms with Gasteiger partial charge in [0.15, 0.2) is 0 Å². The minimum Gasteiger partial charge on any atom is -0.357 e. The molecule has 0 saturated heterocycles. The molecule has 47 heavy (non-hydrogen) atoms. The summed E-state index contributed by atoms with van der Waals surface area (Å²) in [6.07, 6.45) is 1.73. The van der Waals surface area contributed by atoms with Crippen LogP contribution < -0.4 is 9.97 Å². The molecular weight excluding hydrogens is 634 g/mol. The molecule has 0 fully saturated rings. The van der Waals surface area contributed by atoms with Crippen molar-refractivity contribution in [2.75, 3.05) is 0 Å². The molecule has 0 atom stereocenters. The predicted molar refractivity (Wildman–Crippen MR) is 186 cm³/mol. The molecule has 4 aromatic heterocycles. The average molecular weight is 667 g/mol. The largest absolute Gasteiger partial charge is 2.00 e. The van der Waals surface area contributed by atoms with Crippen molar-refractivity contribution in [3.8, 4) is 45.7 Å². The minimum atomic E-state index is 0. The van der Waals surface area contributed by atoms with Crippen LogP contribution in [0.4, 0.5) is 0 Å². The second-order valence-corrected chi connectivity index (χ2v) is 9.52. The zero-order valence-electron chi connectivity index (χ0n) is 27.0. The van der Waals surface area contributed by atoms with Crippen LogP contribution in [0.15, 0.2) is 91.1 Å². The molecule has 3 aromatic carbocycles. The van der Waals surface area contributed by atoms with E-state index in [2.05, 4.69) is 4.98 Å². The van der Waals surface area contributed by atoms with Crippen molar-refractivity contribution >= 4 is 44.1 Å². The van der Waals surface area contributed by atoms with Gasteiger partial charge in [-0.3, -0.25) is 4.98 Å². The molecule has 0 spiro atoms. The summed E-state index contributed by atoms with van der Waals surface area (Å²) < 4.78 is 0. The van der Waals surface area contributed by atoms with E-state index in [0.717, 1.165) is 38.2 Å². The van der Waals surface area contributed by atoms with Gasteiger partial charge < -0.3 is 29.9 Å². The first kappa shape index (κ1) is 33.1. The SMILES string of the molecule is CC.CC.CC.[Cu+2].c1ccc2c(c1)-c1nc-2nc2[n-]c(nc3nc(nc4[n-]c(n1)c1ccccc41)-c1cccnc1-3)c1ccccc21. The Kier molecular flexibility index (Phi) is 10.1. The fraction of sp³-hybridized carbons (Fsp3) is 0.162. The zero-order valence-corrected chi connectivity index (χ0v) is 27.9. The van der Waals surface area contributed by atoms with Crippen molar-refractivity contribution in [3.63, 3.8) is 0 Å². The molecule has 0 saturated carbocycles. The monoisotopic (exact) mass is 666 g/mol. The van der Waals surface area contributed by atoms with Crippen LogP contribution >= 0.6 is 0 Å². The van der Waals surface area contributed by atoms with Crippen LogP contribution in [-0.4, -0.2) is 34.9 Å². The first-order chi connectivity index (χ1) is 22.8. The van der Waals surface area contributed by atoms with Crippen molar-refractivity contribution in [3.05, 3.63) is 91.1 Å². The van der Waals surface area contributed by atoms with Gasteiger partial charge in [0.05, 0.1) is 17.5 Å². The van der Waals surface area contributed by atoms with E-state index in [1.54, 1.807) is 6.20 Å². The summed E-state index contributed by atoms with van der Waals surface area (Å²) in [5.74, 6) is 2.01. The third kappa shape index (κ3) is 5.78. The summed E-state index contributed by atoms with van der Waals surface area (Å²) >= 11 is 0. The molecule has 0 amide bonds. The van der Waals surface area contributed by atoms with Gasteiger partial charge in [-0.05, 0) is 33.7 Å². The molecule has 6 heterocycles. The standard InChI is InChI=1S/C31H15N9.3C2H6.Cu/c1-2-9-17-16(8-1)24-33-25(17)35-27-20-12-5-6-13-21(20)29(37-27)39-31-23-22(14-7-15-32-23)30(40-31)38-28-19-11-4-3-10-18(19)26(34-24)36-28;3*1-2;/h1-15H;3*1-2H3;/q-2;;;;+2. The smallest absolute Gasteiger partial charge is 0.357 e. The molecule has 2 aliphatic heterocycles. The average Bonchev–Trinajstić information content (AvgIpc) is 3.87. The van der Waals surface area contributed by atoms with Crippen LogP contribution in [0.3, 0.4) is 0 Å². The molecular formula is C37H33CuN9. The number of aromatic nitrogens is 9. The normalized spacial score (nSPS) is 10.6. The molecule has 7 aromatic rings. The van der Waals surface area contributed by atoms with E-state index in [1.165, 1.54) is 0 Å². The molecule has 0 aliphatic carbocycles. The summed E-state index contributed by atoms with van der Waals surface area (Å²) in [7, 11) is 0. The van der Waals surface area contributed by atoms with Gasteiger partial charge in [-0.15, -0.1) is 0 Å². The van der Waals surface area contributed by atoms with Crippen molar-refractivity contribution in [1.82, 2.24) is 44.9 Å². The van der Waals surface area contributed by atoms with Crippen LogP contribution in [0, 0.1) is 0 Å². The summed E-state index contributed by atoms with van der Waals surface area (Å²) in [5, 5.41) is 3.49. The maximum Gasteiger partial charge on any atom is 2.00 e. The van der Waals surface area contributed by atoms with Gasteiger partial charge >= 0.3 is 17.1 Å². The Labute approximate surface area is 283 Å². The zero-order chi connectivity index (χ0) is 32.2. The van der Waals surface area contributed by atoms with E-state index in [0.29, 0.717) is 51.6 Å². The van der Waals surface area contributed by atoms with Gasteiger partial charge in [0.2, 0.25) is 0 Å². The quantitative estimate of drug-likeness (QED) is 0.147. The van der Waals surface area contributed by atoms with Crippen LogP contribution in [-0.2, 0) is 17.1 Å².